The molecule has 0 spiro atoms. The molecule has 0 fully saturated rings. The summed E-state index contributed by atoms with van der Waals surface area (Å²) in [4.78, 5) is 0.0336. The molecule has 0 radical (unpaired) electrons. The molecule has 0 amide bonds. The van der Waals surface area contributed by atoms with Crippen molar-refractivity contribution in [3.63, 3.8) is 0 Å². The molecule has 0 bridgehead atoms. The van der Waals surface area contributed by atoms with Gasteiger partial charge in [-0.15, -0.1) is 0 Å². The zero-order valence-electron chi connectivity index (χ0n) is 18.0. The fraction of sp³-hybridized carbons (Fsp3) is 0.174. The summed E-state index contributed by atoms with van der Waals surface area (Å²) in [6.07, 6.45) is 0. The van der Waals surface area contributed by atoms with Crippen molar-refractivity contribution in [1.82, 2.24) is 0 Å². The Bertz CT molecular complexity index is 1230. The van der Waals surface area contributed by atoms with Crippen molar-refractivity contribution in [2.24, 2.45) is 0 Å². The van der Waals surface area contributed by atoms with E-state index < -0.39 is 30.4 Å². The SMILES string of the molecule is COc1cc(OC)c(I(OS(=O)(=O)c2ccc(C)cc2)c2ccccc2C#N)c(OC)c1. The molecule has 7 nitrogen and oxygen atoms in total. The van der Waals surface area contributed by atoms with Crippen LogP contribution in [0, 0.1) is 25.4 Å². The molecule has 3 aromatic carbocycles. The van der Waals surface area contributed by atoms with Gasteiger partial charge in [0.25, 0.3) is 0 Å². The predicted molar refractivity (Wildman–Crippen MR) is 128 cm³/mol. The zero-order valence-corrected chi connectivity index (χ0v) is 20.9. The number of aryl methyl sites for hydroxylation is 1. The third-order valence-electron chi connectivity index (χ3n) is 4.46. The molecule has 9 heteroatoms. The van der Waals surface area contributed by atoms with Crippen molar-refractivity contribution in [3.8, 4) is 23.3 Å². The minimum atomic E-state index is -4.15. The van der Waals surface area contributed by atoms with E-state index in [2.05, 4.69) is 6.07 Å². The van der Waals surface area contributed by atoms with Gasteiger partial charge in [0.2, 0.25) is 0 Å². The van der Waals surface area contributed by atoms with Gasteiger partial charge in [0.15, 0.2) is 0 Å². The Balaban J connectivity index is 2.26. The summed E-state index contributed by atoms with van der Waals surface area (Å²) in [5.74, 6) is 1.20. The number of benzene rings is 3. The summed E-state index contributed by atoms with van der Waals surface area (Å²) in [7, 11) is 0.300. The van der Waals surface area contributed by atoms with Gasteiger partial charge in [-0.1, -0.05) is 0 Å². The molecule has 0 atom stereocenters. The van der Waals surface area contributed by atoms with Crippen LogP contribution in [-0.2, 0) is 12.6 Å². The monoisotopic (exact) mass is 567 g/mol. The Morgan fingerprint density at radius 2 is 1.47 bits per heavy atom. The molecule has 0 heterocycles. The predicted octanol–water partition coefficient (Wildman–Crippen LogP) is 4.76. The van der Waals surface area contributed by atoms with Crippen molar-refractivity contribution in [1.29, 1.82) is 5.26 Å². The van der Waals surface area contributed by atoms with Crippen molar-refractivity contribution in [3.05, 3.63) is 78.9 Å². The minimum absolute atomic E-state index is 0.0336. The summed E-state index contributed by atoms with van der Waals surface area (Å²) in [5, 5.41) is 9.68. The summed E-state index contributed by atoms with van der Waals surface area (Å²) >= 11 is -3.31. The molecule has 0 saturated heterocycles. The van der Waals surface area contributed by atoms with E-state index in [1.807, 2.05) is 6.92 Å². The fourth-order valence-electron chi connectivity index (χ4n) is 2.83. The van der Waals surface area contributed by atoms with Gasteiger partial charge in [0.1, 0.15) is 0 Å². The first kappa shape index (κ1) is 23.8. The molecule has 0 aliphatic rings. The molecule has 0 unspecified atom stereocenters. The van der Waals surface area contributed by atoms with E-state index in [0.29, 0.717) is 30.0 Å². The van der Waals surface area contributed by atoms with Crippen LogP contribution in [0.4, 0.5) is 0 Å². The molecule has 32 heavy (non-hydrogen) atoms. The molecular formula is C23H22INO6S. The molecule has 0 aromatic heterocycles. The number of nitrogens with zero attached hydrogens (tertiary/aromatic N) is 1. The van der Waals surface area contributed by atoms with Crippen LogP contribution < -0.4 is 14.2 Å². The van der Waals surface area contributed by atoms with Gasteiger partial charge < -0.3 is 0 Å². The standard InChI is InChI=1S/C23H22INO6S/c1-16-9-11-19(12-10-16)32(26,27)31-24(20-8-6-5-7-17(20)15-25)23-21(29-3)13-18(28-2)14-22(23)30-4/h5-14H,1-4H3. The van der Waals surface area contributed by atoms with Gasteiger partial charge in [-0.05, 0) is 0 Å². The number of rotatable bonds is 8. The third-order valence-corrected chi connectivity index (χ3v) is 12.1. The van der Waals surface area contributed by atoms with Gasteiger partial charge in [-0.2, -0.15) is 0 Å². The first-order valence-electron chi connectivity index (χ1n) is 9.35. The first-order valence-corrected chi connectivity index (χ1v) is 13.8. The number of methoxy groups -OCH3 is 3. The van der Waals surface area contributed by atoms with Crippen LogP contribution in [-0.4, -0.2) is 29.7 Å². The maximum absolute atomic E-state index is 13.3. The van der Waals surface area contributed by atoms with Crippen LogP contribution in [0.25, 0.3) is 0 Å². The van der Waals surface area contributed by atoms with Crippen molar-refractivity contribution in [2.75, 3.05) is 21.3 Å². The average molecular weight is 567 g/mol. The van der Waals surface area contributed by atoms with Gasteiger partial charge in [-0.3, -0.25) is 0 Å². The second kappa shape index (κ2) is 10.2. The summed E-state index contributed by atoms with van der Waals surface area (Å²) in [5.41, 5.74) is 1.25. The van der Waals surface area contributed by atoms with E-state index in [1.165, 1.54) is 33.5 Å². The van der Waals surface area contributed by atoms with E-state index in [-0.39, 0.29) is 4.90 Å². The number of hydrogen-bond acceptors (Lipinski definition) is 7. The normalized spacial score (nSPS) is 11.4. The van der Waals surface area contributed by atoms with Crippen LogP contribution in [0.2, 0.25) is 0 Å². The molecule has 3 aromatic rings. The van der Waals surface area contributed by atoms with Gasteiger partial charge in [-0.25, -0.2) is 0 Å². The van der Waals surface area contributed by atoms with E-state index in [0.717, 1.165) is 5.56 Å². The van der Waals surface area contributed by atoms with Crippen LogP contribution in [0.15, 0.2) is 65.6 Å². The quantitative estimate of drug-likeness (QED) is 0.363. The second-order valence-electron chi connectivity index (χ2n) is 6.52. The maximum atomic E-state index is 13.3. The molecule has 168 valence electrons. The number of ether oxygens (including phenoxy) is 3. The fourth-order valence-corrected chi connectivity index (χ4v) is 10.5. The van der Waals surface area contributed by atoms with E-state index in [9.17, 15) is 13.7 Å². The van der Waals surface area contributed by atoms with Gasteiger partial charge in [0, 0.05) is 0 Å². The molecule has 0 N–H and O–H groups in total. The molecular weight excluding hydrogens is 545 g/mol. The second-order valence-corrected chi connectivity index (χ2v) is 12.8. The van der Waals surface area contributed by atoms with E-state index >= 15 is 0 Å². The number of hydrogen-bond donors (Lipinski definition) is 0. The van der Waals surface area contributed by atoms with Crippen molar-refractivity contribution in [2.45, 2.75) is 11.8 Å². The van der Waals surface area contributed by atoms with Gasteiger partial charge in [0.05, 0.1) is 0 Å². The molecule has 3 rings (SSSR count). The van der Waals surface area contributed by atoms with Crippen molar-refractivity contribution >= 4 is 30.4 Å². The average Bonchev–Trinajstić information content (AvgIpc) is 2.82. The summed E-state index contributed by atoms with van der Waals surface area (Å²) < 4.78 is 49.8. The summed E-state index contributed by atoms with van der Waals surface area (Å²) in [6, 6.07) is 18.6. The Kier molecular flexibility index (Phi) is 7.60. The van der Waals surface area contributed by atoms with Crippen LogP contribution in [0.1, 0.15) is 11.1 Å². The molecule has 0 saturated carbocycles. The molecule has 0 aliphatic carbocycles. The van der Waals surface area contributed by atoms with Crippen LogP contribution in [0.3, 0.4) is 0 Å². The Labute approximate surface area is 195 Å². The zero-order chi connectivity index (χ0) is 23.3. The van der Waals surface area contributed by atoms with E-state index in [4.69, 9.17) is 16.7 Å². The Morgan fingerprint density at radius 1 is 0.875 bits per heavy atom. The van der Waals surface area contributed by atoms with Gasteiger partial charge >= 0.3 is 196 Å². The van der Waals surface area contributed by atoms with Crippen LogP contribution in [0.5, 0.6) is 17.2 Å². The first-order chi connectivity index (χ1) is 15.3. The van der Waals surface area contributed by atoms with Crippen molar-refractivity contribution < 1.29 is 25.1 Å². The van der Waals surface area contributed by atoms with E-state index in [1.54, 1.807) is 48.5 Å². The Morgan fingerprint density at radius 3 is 2.00 bits per heavy atom. The topological polar surface area (TPSA) is 94.9 Å². The molecule has 0 aliphatic heterocycles. The third kappa shape index (κ3) is 4.98. The summed E-state index contributed by atoms with van der Waals surface area (Å²) in [6.45, 7) is 1.87. The Hall–Kier alpha value is -2.81. The number of halogens is 1. The number of nitriles is 1. The van der Waals surface area contributed by atoms with Crippen LogP contribution >= 0.6 is 20.2 Å².